The van der Waals surface area contributed by atoms with Gasteiger partial charge in [-0.3, -0.25) is 4.90 Å². The van der Waals surface area contributed by atoms with Crippen LogP contribution in [-0.2, 0) is 19.5 Å². The Morgan fingerprint density at radius 1 is 1.13 bits per heavy atom. The van der Waals surface area contributed by atoms with Crippen molar-refractivity contribution in [2.24, 2.45) is 0 Å². The van der Waals surface area contributed by atoms with Crippen LogP contribution in [0.5, 0.6) is 5.75 Å². The summed E-state index contributed by atoms with van der Waals surface area (Å²) in [5.41, 5.74) is 1.12. The molecule has 0 fully saturated rings. The predicted molar refractivity (Wildman–Crippen MR) is 112 cm³/mol. The number of carbonyl (C=O) groups excluding carboxylic acids is 1. The minimum absolute atomic E-state index is 0.222. The Labute approximate surface area is 174 Å². The Morgan fingerprint density at radius 2 is 1.93 bits per heavy atom. The van der Waals surface area contributed by atoms with E-state index in [2.05, 4.69) is 20.1 Å². The lowest BCUT2D eigenvalue weighted by atomic mass is 10.2. The smallest absolute Gasteiger partial charge is 0.326 e. The molecule has 0 atom stereocenters. The number of amides is 2. The summed E-state index contributed by atoms with van der Waals surface area (Å²) >= 11 is 0. The fourth-order valence-corrected chi connectivity index (χ4v) is 3.64. The molecular weight excluding hydrogens is 385 g/mol. The zero-order valence-corrected chi connectivity index (χ0v) is 16.8. The molecule has 2 heterocycles. The van der Waals surface area contributed by atoms with Gasteiger partial charge in [0.05, 0.1) is 19.3 Å². The maximum Gasteiger partial charge on any atom is 0.326 e. The van der Waals surface area contributed by atoms with Gasteiger partial charge in [0.2, 0.25) is 0 Å². The molecule has 0 saturated carbocycles. The van der Waals surface area contributed by atoms with Gasteiger partial charge in [-0.15, -0.1) is 10.2 Å². The third kappa shape index (κ3) is 4.27. The Hall–Kier alpha value is -3.42. The van der Waals surface area contributed by atoms with Gasteiger partial charge in [-0.25, -0.2) is 9.18 Å². The Morgan fingerprint density at radius 3 is 2.73 bits per heavy atom. The number of aryl methyl sites for hydroxylation is 1. The number of anilines is 2. The van der Waals surface area contributed by atoms with Gasteiger partial charge in [-0.05, 0) is 49.2 Å². The maximum absolute atomic E-state index is 13.5. The molecule has 0 saturated heterocycles. The molecule has 1 aliphatic heterocycles. The van der Waals surface area contributed by atoms with Crippen LogP contribution in [0.3, 0.4) is 0 Å². The molecule has 3 aromatic rings. The normalized spacial score (nSPS) is 13.3. The molecule has 0 spiro atoms. The molecule has 0 bridgehead atoms. The zero-order valence-electron chi connectivity index (χ0n) is 16.8. The highest BCUT2D eigenvalue weighted by atomic mass is 19.1. The first-order valence-corrected chi connectivity index (χ1v) is 10.0. The molecule has 30 heavy (non-hydrogen) atoms. The highest BCUT2D eigenvalue weighted by molar-refractivity contribution is 6.02. The van der Waals surface area contributed by atoms with Gasteiger partial charge >= 0.3 is 6.03 Å². The second kappa shape index (κ2) is 8.94. The SMILES string of the molecule is COc1ccccc1NC(=O)N(Cc1nnc2n1CCCCC2)c1ccc(F)cc1. The van der Waals surface area contributed by atoms with E-state index in [-0.39, 0.29) is 18.4 Å². The van der Waals surface area contributed by atoms with E-state index in [0.717, 1.165) is 38.1 Å². The monoisotopic (exact) mass is 409 g/mol. The lowest BCUT2D eigenvalue weighted by Gasteiger charge is -2.24. The minimum atomic E-state index is -0.364. The lowest BCUT2D eigenvalue weighted by Crippen LogP contribution is -2.35. The van der Waals surface area contributed by atoms with Crippen molar-refractivity contribution < 1.29 is 13.9 Å². The number of hydrogen-bond acceptors (Lipinski definition) is 4. The third-order valence-corrected chi connectivity index (χ3v) is 5.22. The number of para-hydroxylation sites is 2. The van der Waals surface area contributed by atoms with Crippen molar-refractivity contribution in [3.8, 4) is 5.75 Å². The summed E-state index contributed by atoms with van der Waals surface area (Å²) in [5.74, 6) is 1.86. The number of carbonyl (C=O) groups is 1. The van der Waals surface area contributed by atoms with E-state index < -0.39 is 0 Å². The molecule has 8 heteroatoms. The summed E-state index contributed by atoms with van der Waals surface area (Å²) < 4.78 is 20.9. The largest absolute Gasteiger partial charge is 0.495 e. The van der Waals surface area contributed by atoms with Crippen LogP contribution < -0.4 is 15.0 Å². The zero-order chi connectivity index (χ0) is 20.9. The fraction of sp³-hybridized carbons (Fsp3) is 0.318. The maximum atomic E-state index is 13.5. The average molecular weight is 409 g/mol. The number of hydrogen-bond donors (Lipinski definition) is 1. The Kier molecular flexibility index (Phi) is 5.92. The van der Waals surface area contributed by atoms with Gasteiger partial charge in [0.1, 0.15) is 17.4 Å². The van der Waals surface area contributed by atoms with Crippen molar-refractivity contribution in [1.82, 2.24) is 14.8 Å². The number of nitrogens with zero attached hydrogens (tertiary/aromatic N) is 4. The van der Waals surface area contributed by atoms with Gasteiger partial charge in [-0.2, -0.15) is 0 Å². The van der Waals surface area contributed by atoms with Crippen LogP contribution in [0.15, 0.2) is 48.5 Å². The van der Waals surface area contributed by atoms with Crippen molar-refractivity contribution in [3.63, 3.8) is 0 Å². The number of urea groups is 1. The second-order valence-corrected chi connectivity index (χ2v) is 7.19. The summed E-state index contributed by atoms with van der Waals surface area (Å²) in [6, 6.07) is 12.7. The molecule has 7 nitrogen and oxygen atoms in total. The standard InChI is InChI=1S/C22H24FN5O2/c1-30-19-8-5-4-7-18(19)24-22(29)28(17-12-10-16(23)11-13-17)15-21-26-25-20-9-3-2-6-14-27(20)21/h4-5,7-8,10-13H,2-3,6,9,14-15H2,1H3,(H,24,29). The molecular formula is C22H24FN5O2. The first kappa shape index (κ1) is 19.9. The van der Waals surface area contributed by atoms with Crippen LogP contribution in [0.1, 0.15) is 30.9 Å². The number of fused-ring (bicyclic) bond motifs is 1. The van der Waals surface area contributed by atoms with Crippen LogP contribution in [-0.4, -0.2) is 27.9 Å². The summed E-state index contributed by atoms with van der Waals surface area (Å²) in [5, 5.41) is 11.6. The number of rotatable bonds is 5. The molecule has 1 aliphatic rings. The summed E-state index contributed by atoms with van der Waals surface area (Å²) in [7, 11) is 1.55. The summed E-state index contributed by atoms with van der Waals surface area (Å²) in [6.45, 7) is 1.06. The van der Waals surface area contributed by atoms with Crippen molar-refractivity contribution >= 4 is 17.4 Å². The van der Waals surface area contributed by atoms with Gasteiger partial charge in [0.15, 0.2) is 5.82 Å². The number of benzene rings is 2. The number of nitrogens with one attached hydrogen (secondary N) is 1. The first-order valence-electron chi connectivity index (χ1n) is 10.0. The molecule has 156 valence electrons. The van der Waals surface area contributed by atoms with Gasteiger partial charge in [-0.1, -0.05) is 18.6 Å². The minimum Gasteiger partial charge on any atom is -0.495 e. The topological polar surface area (TPSA) is 72.3 Å². The predicted octanol–water partition coefficient (Wildman–Crippen LogP) is 4.39. The second-order valence-electron chi connectivity index (χ2n) is 7.19. The number of halogens is 1. The first-order chi connectivity index (χ1) is 14.7. The van der Waals surface area contributed by atoms with Crippen LogP contribution in [0.4, 0.5) is 20.6 Å². The fourth-order valence-electron chi connectivity index (χ4n) is 3.64. The molecule has 4 rings (SSSR count). The van der Waals surface area contributed by atoms with Crippen molar-refractivity contribution in [3.05, 3.63) is 66.0 Å². The van der Waals surface area contributed by atoms with Gasteiger partial charge < -0.3 is 14.6 Å². The van der Waals surface area contributed by atoms with Crippen LogP contribution in [0.25, 0.3) is 0 Å². The van der Waals surface area contributed by atoms with Crippen molar-refractivity contribution in [1.29, 1.82) is 0 Å². The van der Waals surface area contributed by atoms with E-state index in [1.54, 1.807) is 31.4 Å². The van der Waals surface area contributed by atoms with Gasteiger partial charge in [0.25, 0.3) is 0 Å². The quantitative estimate of drug-likeness (QED) is 0.678. The Bertz CT molecular complexity index is 1020. The number of ether oxygens (including phenoxy) is 1. The van der Waals surface area contributed by atoms with E-state index >= 15 is 0 Å². The molecule has 0 radical (unpaired) electrons. The van der Waals surface area contributed by atoms with E-state index in [1.165, 1.54) is 17.0 Å². The van der Waals surface area contributed by atoms with Crippen molar-refractivity contribution in [2.75, 3.05) is 17.3 Å². The van der Waals surface area contributed by atoms with Crippen molar-refractivity contribution in [2.45, 2.75) is 38.8 Å². The molecule has 2 amide bonds. The highest BCUT2D eigenvalue weighted by Crippen LogP contribution is 2.26. The van der Waals surface area contributed by atoms with Gasteiger partial charge in [0, 0.05) is 18.7 Å². The van der Waals surface area contributed by atoms with E-state index in [1.807, 2.05) is 12.1 Å². The number of aromatic nitrogens is 3. The lowest BCUT2D eigenvalue weighted by molar-refractivity contribution is 0.256. The molecule has 0 aliphatic carbocycles. The van der Waals surface area contributed by atoms with Crippen LogP contribution >= 0.6 is 0 Å². The Balaban J connectivity index is 1.64. The molecule has 2 aromatic carbocycles. The molecule has 0 unspecified atom stereocenters. The molecule has 1 aromatic heterocycles. The molecule has 1 N–H and O–H groups in total. The van der Waals surface area contributed by atoms with E-state index in [9.17, 15) is 9.18 Å². The summed E-state index contributed by atoms with van der Waals surface area (Å²) in [6.07, 6.45) is 4.19. The average Bonchev–Trinajstić information content (AvgIpc) is 2.98. The van der Waals surface area contributed by atoms with E-state index in [0.29, 0.717) is 22.9 Å². The summed E-state index contributed by atoms with van der Waals surface area (Å²) in [4.78, 5) is 14.8. The highest BCUT2D eigenvalue weighted by Gasteiger charge is 2.22. The third-order valence-electron chi connectivity index (χ3n) is 5.22. The number of methoxy groups -OCH3 is 1. The van der Waals surface area contributed by atoms with E-state index in [4.69, 9.17) is 4.74 Å². The van der Waals surface area contributed by atoms with Crippen LogP contribution in [0.2, 0.25) is 0 Å². The van der Waals surface area contributed by atoms with Crippen LogP contribution in [0, 0.1) is 5.82 Å².